The first-order chi connectivity index (χ1) is 9.97. The summed E-state index contributed by atoms with van der Waals surface area (Å²) in [4.78, 5) is 35.8. The van der Waals surface area contributed by atoms with E-state index in [4.69, 9.17) is 10.5 Å². The summed E-state index contributed by atoms with van der Waals surface area (Å²) in [7, 11) is 0. The third-order valence-corrected chi connectivity index (χ3v) is 3.38. The first-order valence-electron chi connectivity index (χ1n) is 6.94. The molecular formula is C12H20N4O5. The molecule has 0 aromatic rings. The highest BCUT2D eigenvalue weighted by Crippen LogP contribution is 2.19. The number of nitrogens with one attached hydrogen (secondary N) is 2. The van der Waals surface area contributed by atoms with Crippen LogP contribution in [0.2, 0.25) is 0 Å². The third-order valence-electron chi connectivity index (χ3n) is 3.38. The molecule has 0 spiro atoms. The van der Waals surface area contributed by atoms with Crippen molar-refractivity contribution in [1.82, 2.24) is 15.5 Å². The second-order valence-electron chi connectivity index (χ2n) is 5.23. The lowest BCUT2D eigenvalue weighted by atomic mass is 10.1. The van der Waals surface area contributed by atoms with Gasteiger partial charge < -0.3 is 31.1 Å². The number of primary amides is 1. The highest BCUT2D eigenvalue weighted by atomic mass is 16.6. The Morgan fingerprint density at radius 1 is 1.52 bits per heavy atom. The molecule has 9 nitrogen and oxygen atoms in total. The molecule has 0 bridgehead atoms. The van der Waals surface area contributed by atoms with Gasteiger partial charge in [0, 0.05) is 19.1 Å². The van der Waals surface area contributed by atoms with Crippen LogP contribution in [0.1, 0.15) is 19.3 Å². The maximum atomic E-state index is 11.8. The number of ether oxygens (including phenoxy) is 1. The maximum Gasteiger partial charge on any atom is 0.404 e. The summed E-state index contributed by atoms with van der Waals surface area (Å²) < 4.78 is 4.79. The Bertz CT molecular complexity index is 426. The molecule has 2 fully saturated rings. The lowest BCUT2D eigenvalue weighted by molar-refractivity contribution is -0.135. The first kappa shape index (κ1) is 15.4. The number of aliphatic hydroxyl groups is 1. The lowest BCUT2D eigenvalue weighted by Gasteiger charge is -2.31. The molecular weight excluding hydrogens is 280 g/mol. The smallest absolute Gasteiger partial charge is 0.404 e. The Balaban J connectivity index is 1.96. The van der Waals surface area contributed by atoms with Crippen molar-refractivity contribution < 1.29 is 24.2 Å². The second-order valence-corrected chi connectivity index (χ2v) is 5.23. The van der Waals surface area contributed by atoms with Crippen LogP contribution in [0.3, 0.4) is 0 Å². The van der Waals surface area contributed by atoms with E-state index in [9.17, 15) is 19.5 Å². The predicted molar refractivity (Wildman–Crippen MR) is 71.2 cm³/mol. The van der Waals surface area contributed by atoms with Gasteiger partial charge in [0.25, 0.3) is 5.91 Å². The van der Waals surface area contributed by atoms with Gasteiger partial charge in [-0.2, -0.15) is 0 Å². The van der Waals surface area contributed by atoms with Crippen LogP contribution in [0.25, 0.3) is 0 Å². The molecule has 2 rings (SSSR count). The highest BCUT2D eigenvalue weighted by Gasteiger charge is 2.35. The molecule has 21 heavy (non-hydrogen) atoms. The van der Waals surface area contributed by atoms with Crippen molar-refractivity contribution in [1.29, 1.82) is 0 Å². The fraction of sp³-hybridized carbons (Fsp3) is 0.750. The van der Waals surface area contributed by atoms with Gasteiger partial charge >= 0.3 is 12.1 Å². The minimum absolute atomic E-state index is 0.0691. The molecule has 1 saturated heterocycles. The molecule has 2 atom stereocenters. The second kappa shape index (κ2) is 6.61. The van der Waals surface area contributed by atoms with Crippen LogP contribution in [-0.4, -0.2) is 65.9 Å². The van der Waals surface area contributed by atoms with Gasteiger partial charge in [-0.1, -0.05) is 0 Å². The number of nitrogens with zero attached hydrogens (tertiary/aromatic N) is 1. The van der Waals surface area contributed by atoms with E-state index in [0.717, 1.165) is 19.3 Å². The number of nitrogens with two attached hydrogens (primary N) is 1. The maximum absolute atomic E-state index is 11.8. The van der Waals surface area contributed by atoms with Crippen LogP contribution >= 0.6 is 0 Å². The molecule has 1 unspecified atom stereocenters. The van der Waals surface area contributed by atoms with Crippen LogP contribution in [0, 0.1) is 0 Å². The quantitative estimate of drug-likeness (QED) is 0.474. The number of carbonyl (C=O) groups is 3. The topological polar surface area (TPSA) is 134 Å². The van der Waals surface area contributed by atoms with E-state index >= 15 is 0 Å². The van der Waals surface area contributed by atoms with Crippen molar-refractivity contribution in [3.63, 3.8) is 0 Å². The Hall–Kier alpha value is -2.03. The number of carbonyl (C=O) groups excluding carboxylic acids is 3. The number of amides is 4. The molecule has 9 heteroatoms. The summed E-state index contributed by atoms with van der Waals surface area (Å²) in [5.74, 6) is -0.624. The summed E-state index contributed by atoms with van der Waals surface area (Å²) in [6, 6.07) is -0.256. The van der Waals surface area contributed by atoms with Gasteiger partial charge in [-0.05, 0) is 19.3 Å². The summed E-state index contributed by atoms with van der Waals surface area (Å²) in [5, 5.41) is 15.3. The fourth-order valence-electron chi connectivity index (χ4n) is 2.10. The number of hydrogen-bond acceptors (Lipinski definition) is 5. The minimum atomic E-state index is -1.56. The highest BCUT2D eigenvalue weighted by molar-refractivity contribution is 5.82. The van der Waals surface area contributed by atoms with Crippen LogP contribution in [-0.2, 0) is 9.53 Å². The van der Waals surface area contributed by atoms with Gasteiger partial charge in [-0.25, -0.2) is 9.59 Å². The molecule has 118 valence electrons. The molecule has 0 aromatic heterocycles. The molecule has 4 amide bonds. The Kier molecular flexibility index (Phi) is 4.84. The van der Waals surface area contributed by atoms with E-state index in [1.54, 1.807) is 0 Å². The largest absolute Gasteiger partial charge is 0.441 e. The number of aliphatic hydroxyl groups excluding tert-OH is 1. The van der Waals surface area contributed by atoms with Gasteiger partial charge in [-0.3, -0.25) is 4.79 Å². The first-order valence-corrected chi connectivity index (χ1v) is 6.94. The molecule has 2 aliphatic rings. The summed E-state index contributed by atoms with van der Waals surface area (Å²) >= 11 is 0. The van der Waals surface area contributed by atoms with Crippen LogP contribution < -0.4 is 16.4 Å². The molecule has 1 aliphatic carbocycles. The third kappa shape index (κ3) is 4.48. The zero-order valence-corrected chi connectivity index (χ0v) is 11.6. The van der Waals surface area contributed by atoms with E-state index in [0.29, 0.717) is 13.1 Å². The van der Waals surface area contributed by atoms with Crippen molar-refractivity contribution in [3.8, 4) is 0 Å². The number of urea groups is 1. The van der Waals surface area contributed by atoms with Gasteiger partial charge in [-0.15, -0.1) is 0 Å². The Labute approximate surface area is 121 Å². The van der Waals surface area contributed by atoms with Gasteiger partial charge in [0.15, 0.2) is 12.2 Å². The van der Waals surface area contributed by atoms with E-state index in [-0.39, 0.29) is 18.6 Å². The SMILES string of the molecule is NC(=O)O[C@@H](CN1CCCNC1=O)C(O)C(=O)NC1CC1. The molecule has 5 N–H and O–H groups in total. The van der Waals surface area contributed by atoms with Crippen molar-refractivity contribution in [2.45, 2.75) is 37.5 Å². The zero-order chi connectivity index (χ0) is 15.4. The fourth-order valence-corrected chi connectivity index (χ4v) is 2.10. The number of hydrogen-bond donors (Lipinski definition) is 4. The normalized spacial score (nSPS) is 21.2. The van der Waals surface area contributed by atoms with Crippen LogP contribution in [0.5, 0.6) is 0 Å². The molecule has 1 heterocycles. The van der Waals surface area contributed by atoms with Crippen molar-refractivity contribution in [3.05, 3.63) is 0 Å². The van der Waals surface area contributed by atoms with Crippen molar-refractivity contribution >= 4 is 18.0 Å². The van der Waals surface area contributed by atoms with E-state index in [1.807, 2.05) is 0 Å². The van der Waals surface area contributed by atoms with E-state index in [1.165, 1.54) is 4.90 Å². The monoisotopic (exact) mass is 300 g/mol. The summed E-state index contributed by atoms with van der Waals surface area (Å²) in [6.45, 7) is 0.941. The Morgan fingerprint density at radius 3 is 2.81 bits per heavy atom. The lowest BCUT2D eigenvalue weighted by Crippen LogP contribution is -2.54. The Morgan fingerprint density at radius 2 is 2.24 bits per heavy atom. The predicted octanol–water partition coefficient (Wildman–Crippen LogP) is -1.49. The van der Waals surface area contributed by atoms with Crippen molar-refractivity contribution in [2.24, 2.45) is 5.73 Å². The summed E-state index contributed by atoms with van der Waals surface area (Å²) in [5.41, 5.74) is 4.96. The van der Waals surface area contributed by atoms with Crippen molar-refractivity contribution in [2.75, 3.05) is 19.6 Å². The van der Waals surface area contributed by atoms with Gasteiger partial charge in [0.2, 0.25) is 0 Å². The van der Waals surface area contributed by atoms with Crippen LogP contribution in [0.15, 0.2) is 0 Å². The van der Waals surface area contributed by atoms with Gasteiger partial charge in [0.1, 0.15) is 0 Å². The van der Waals surface area contributed by atoms with E-state index < -0.39 is 24.2 Å². The average molecular weight is 300 g/mol. The zero-order valence-electron chi connectivity index (χ0n) is 11.6. The summed E-state index contributed by atoms with van der Waals surface area (Å²) in [6.07, 6.45) is -1.38. The van der Waals surface area contributed by atoms with E-state index in [2.05, 4.69) is 10.6 Å². The molecule has 1 aliphatic heterocycles. The van der Waals surface area contributed by atoms with Crippen LogP contribution in [0.4, 0.5) is 9.59 Å². The molecule has 1 saturated carbocycles. The standard InChI is InChI=1S/C12H20N4O5/c13-11(19)21-8(6-16-5-1-4-14-12(16)20)9(17)10(18)15-7-2-3-7/h7-9,17H,1-6H2,(H2,13,19)(H,14,20)(H,15,18)/t8-,9?/m0/s1. The molecule has 0 radical (unpaired) electrons. The minimum Gasteiger partial charge on any atom is -0.441 e. The average Bonchev–Trinajstić information content (AvgIpc) is 3.23. The molecule has 0 aromatic carbocycles. The van der Waals surface area contributed by atoms with Gasteiger partial charge in [0.05, 0.1) is 6.54 Å². The number of rotatable bonds is 6.